The van der Waals surface area contributed by atoms with E-state index >= 15 is 0 Å². The summed E-state index contributed by atoms with van der Waals surface area (Å²) in [5.41, 5.74) is 3.17. The zero-order valence-corrected chi connectivity index (χ0v) is 17.9. The Balaban J connectivity index is 1.36. The summed E-state index contributed by atoms with van der Waals surface area (Å²) in [6, 6.07) is 11.6. The highest BCUT2D eigenvalue weighted by molar-refractivity contribution is 7.15. The lowest BCUT2D eigenvalue weighted by atomic mass is 10.1. The Kier molecular flexibility index (Phi) is 5.97. The number of fused-ring (bicyclic) bond motifs is 1. The van der Waals surface area contributed by atoms with Crippen LogP contribution < -0.4 is 10.6 Å². The Bertz CT molecular complexity index is 1290. The second-order valence-corrected chi connectivity index (χ2v) is 8.06. The van der Waals surface area contributed by atoms with Crippen LogP contribution in [0.3, 0.4) is 0 Å². The lowest BCUT2D eigenvalue weighted by Gasteiger charge is -2.07. The van der Waals surface area contributed by atoms with Crippen LogP contribution in [-0.4, -0.2) is 33.0 Å². The molecular formula is C21H17ClFN5O2S. The number of nitrogens with zero attached hydrogens (tertiary/aromatic N) is 3. The van der Waals surface area contributed by atoms with Crippen molar-refractivity contribution in [3.63, 3.8) is 0 Å². The van der Waals surface area contributed by atoms with E-state index < -0.39 is 17.6 Å². The van der Waals surface area contributed by atoms with Gasteiger partial charge in [-0.3, -0.25) is 9.59 Å². The van der Waals surface area contributed by atoms with Crippen LogP contribution in [0.25, 0.3) is 16.3 Å². The molecule has 2 amide bonds. The summed E-state index contributed by atoms with van der Waals surface area (Å²) in [7, 11) is 0. The van der Waals surface area contributed by atoms with E-state index in [0.717, 1.165) is 27.8 Å². The van der Waals surface area contributed by atoms with Crippen LogP contribution in [0.2, 0.25) is 5.02 Å². The standard InChI is InChI=1S/C21H17ClFN5O2S/c1-12-3-2-4-13(9-12)18-26-21-28(27-18)15(11-31-21)7-8-24-19(29)20(30)25-14-5-6-17(23)16(22)10-14/h2-6,9-11H,7-8H2,1H3,(H,24,29)(H,25,30). The van der Waals surface area contributed by atoms with Gasteiger partial charge in [-0.25, -0.2) is 8.91 Å². The van der Waals surface area contributed by atoms with Crippen LogP contribution in [0, 0.1) is 12.7 Å². The maximum absolute atomic E-state index is 13.2. The lowest BCUT2D eigenvalue weighted by molar-refractivity contribution is -0.136. The zero-order chi connectivity index (χ0) is 22.0. The molecule has 0 bridgehead atoms. The largest absolute Gasteiger partial charge is 0.347 e. The number of hydrogen-bond acceptors (Lipinski definition) is 5. The smallest absolute Gasteiger partial charge is 0.313 e. The first-order valence-electron chi connectivity index (χ1n) is 9.35. The molecule has 2 N–H and O–H groups in total. The summed E-state index contributed by atoms with van der Waals surface area (Å²) in [5.74, 6) is -1.63. The van der Waals surface area contributed by atoms with Gasteiger partial charge < -0.3 is 10.6 Å². The van der Waals surface area contributed by atoms with Crippen molar-refractivity contribution in [2.45, 2.75) is 13.3 Å². The van der Waals surface area contributed by atoms with Gasteiger partial charge in [-0.15, -0.1) is 16.4 Å². The van der Waals surface area contributed by atoms with Crippen LogP contribution in [0.5, 0.6) is 0 Å². The third-order valence-corrected chi connectivity index (χ3v) is 5.63. The SMILES string of the molecule is Cc1cccc(-c2nc3scc(CCNC(=O)C(=O)Nc4ccc(F)c(Cl)c4)n3n2)c1. The molecule has 158 valence electrons. The normalized spacial score (nSPS) is 10.9. The van der Waals surface area contributed by atoms with Gasteiger partial charge in [-0.2, -0.15) is 4.98 Å². The number of anilines is 1. The number of thiazole rings is 1. The molecule has 0 atom stereocenters. The topological polar surface area (TPSA) is 88.4 Å². The molecule has 4 aromatic rings. The Morgan fingerprint density at radius 1 is 1.19 bits per heavy atom. The van der Waals surface area contributed by atoms with Gasteiger partial charge in [0.2, 0.25) is 4.96 Å². The molecule has 10 heteroatoms. The molecule has 0 spiro atoms. The summed E-state index contributed by atoms with van der Waals surface area (Å²) in [4.78, 5) is 29.4. The molecule has 0 saturated heterocycles. The van der Waals surface area contributed by atoms with Crippen molar-refractivity contribution in [3.8, 4) is 11.4 Å². The van der Waals surface area contributed by atoms with Gasteiger partial charge in [0.1, 0.15) is 5.82 Å². The van der Waals surface area contributed by atoms with Crippen LogP contribution in [-0.2, 0) is 16.0 Å². The molecule has 0 radical (unpaired) electrons. The summed E-state index contributed by atoms with van der Waals surface area (Å²) < 4.78 is 14.9. The van der Waals surface area contributed by atoms with Crippen LogP contribution in [0.15, 0.2) is 47.8 Å². The highest BCUT2D eigenvalue weighted by Crippen LogP contribution is 2.22. The Labute approximate surface area is 185 Å². The number of aromatic nitrogens is 3. The van der Waals surface area contributed by atoms with Crippen molar-refractivity contribution in [2.24, 2.45) is 0 Å². The second-order valence-electron chi connectivity index (χ2n) is 6.82. The first-order chi connectivity index (χ1) is 14.9. The first kappa shape index (κ1) is 21.0. The first-order valence-corrected chi connectivity index (χ1v) is 10.6. The second kappa shape index (κ2) is 8.83. The fourth-order valence-electron chi connectivity index (χ4n) is 2.95. The number of carbonyl (C=O) groups is 2. The van der Waals surface area contributed by atoms with Gasteiger partial charge in [0.25, 0.3) is 0 Å². The molecule has 7 nitrogen and oxygen atoms in total. The molecule has 2 aromatic heterocycles. The molecule has 31 heavy (non-hydrogen) atoms. The minimum absolute atomic E-state index is 0.141. The fourth-order valence-corrected chi connectivity index (χ4v) is 3.99. The Hall–Kier alpha value is -3.30. The molecule has 4 rings (SSSR count). The van der Waals surface area contributed by atoms with E-state index in [1.807, 2.05) is 36.6 Å². The van der Waals surface area contributed by atoms with Gasteiger partial charge in [0, 0.05) is 29.6 Å². The number of rotatable bonds is 5. The van der Waals surface area contributed by atoms with Crippen molar-refractivity contribution >= 4 is 45.4 Å². The van der Waals surface area contributed by atoms with E-state index in [9.17, 15) is 14.0 Å². The average molecular weight is 458 g/mol. The van der Waals surface area contributed by atoms with E-state index in [1.54, 1.807) is 4.52 Å². The number of halogens is 2. The third-order valence-electron chi connectivity index (χ3n) is 4.48. The van der Waals surface area contributed by atoms with E-state index in [1.165, 1.54) is 23.5 Å². The van der Waals surface area contributed by atoms with Gasteiger partial charge in [-0.1, -0.05) is 35.4 Å². The molecular weight excluding hydrogens is 441 g/mol. The monoisotopic (exact) mass is 457 g/mol. The average Bonchev–Trinajstić information content (AvgIpc) is 3.32. The van der Waals surface area contributed by atoms with Crippen LogP contribution >= 0.6 is 22.9 Å². The highest BCUT2D eigenvalue weighted by atomic mass is 35.5. The number of amides is 2. The minimum Gasteiger partial charge on any atom is -0.347 e. The summed E-state index contributed by atoms with van der Waals surface area (Å²) in [6.45, 7) is 2.25. The fraction of sp³-hybridized carbons (Fsp3) is 0.143. The molecule has 0 saturated carbocycles. The van der Waals surface area contributed by atoms with Gasteiger partial charge in [0.15, 0.2) is 5.82 Å². The summed E-state index contributed by atoms with van der Waals surface area (Å²) >= 11 is 7.13. The predicted octanol–water partition coefficient (Wildman–Crippen LogP) is 3.86. The molecule has 0 aliphatic carbocycles. The van der Waals surface area contributed by atoms with Crippen LogP contribution in [0.1, 0.15) is 11.3 Å². The van der Waals surface area contributed by atoms with Crippen molar-refractivity contribution in [3.05, 3.63) is 69.9 Å². The van der Waals surface area contributed by atoms with Crippen molar-refractivity contribution in [2.75, 3.05) is 11.9 Å². The summed E-state index contributed by atoms with van der Waals surface area (Å²) in [5, 5.41) is 11.3. The number of hydrogen-bond donors (Lipinski definition) is 2. The number of carbonyl (C=O) groups excluding carboxylic acids is 2. The van der Waals surface area contributed by atoms with E-state index in [0.29, 0.717) is 12.2 Å². The number of benzene rings is 2. The number of aryl methyl sites for hydroxylation is 1. The maximum atomic E-state index is 13.2. The zero-order valence-electron chi connectivity index (χ0n) is 16.4. The molecule has 0 fully saturated rings. The highest BCUT2D eigenvalue weighted by Gasteiger charge is 2.15. The number of nitrogens with one attached hydrogen (secondary N) is 2. The van der Waals surface area contributed by atoms with Gasteiger partial charge in [-0.05, 0) is 31.2 Å². The lowest BCUT2D eigenvalue weighted by Crippen LogP contribution is -2.36. The van der Waals surface area contributed by atoms with E-state index in [4.69, 9.17) is 11.6 Å². The maximum Gasteiger partial charge on any atom is 0.313 e. The molecule has 2 heterocycles. The van der Waals surface area contributed by atoms with Crippen molar-refractivity contribution in [1.29, 1.82) is 0 Å². The van der Waals surface area contributed by atoms with Gasteiger partial charge >= 0.3 is 11.8 Å². The summed E-state index contributed by atoms with van der Waals surface area (Å²) in [6.07, 6.45) is 0.470. The molecule has 0 aliphatic rings. The molecule has 0 unspecified atom stereocenters. The van der Waals surface area contributed by atoms with E-state index in [2.05, 4.69) is 20.7 Å². The minimum atomic E-state index is -0.861. The van der Waals surface area contributed by atoms with Crippen molar-refractivity contribution in [1.82, 2.24) is 19.9 Å². The van der Waals surface area contributed by atoms with Crippen molar-refractivity contribution < 1.29 is 14.0 Å². The van der Waals surface area contributed by atoms with Crippen LogP contribution in [0.4, 0.5) is 10.1 Å². The molecule has 0 aliphatic heterocycles. The molecule has 2 aromatic carbocycles. The quantitative estimate of drug-likeness (QED) is 0.445. The predicted molar refractivity (Wildman–Crippen MR) is 118 cm³/mol. The Morgan fingerprint density at radius 3 is 2.81 bits per heavy atom. The Morgan fingerprint density at radius 2 is 2.03 bits per heavy atom. The third kappa shape index (κ3) is 4.73. The van der Waals surface area contributed by atoms with Gasteiger partial charge in [0.05, 0.1) is 10.7 Å². The van der Waals surface area contributed by atoms with E-state index in [-0.39, 0.29) is 17.3 Å².